The summed E-state index contributed by atoms with van der Waals surface area (Å²) in [4.78, 5) is 16.8. The average molecular weight is 476 g/mol. The second-order valence-electron chi connectivity index (χ2n) is 6.26. The highest BCUT2D eigenvalue weighted by molar-refractivity contribution is 7.99. The molecule has 0 aliphatic rings. The number of amides is 1. The Morgan fingerprint density at radius 1 is 1.10 bits per heavy atom. The van der Waals surface area contributed by atoms with E-state index in [1.807, 2.05) is 59.5 Å². The van der Waals surface area contributed by atoms with Crippen LogP contribution in [0.2, 0.25) is 10.0 Å². The lowest BCUT2D eigenvalue weighted by molar-refractivity contribution is -0.113. The first-order chi connectivity index (χ1) is 14.5. The summed E-state index contributed by atoms with van der Waals surface area (Å²) in [5, 5.41) is 15.6. The van der Waals surface area contributed by atoms with Gasteiger partial charge in [-0.15, -0.1) is 21.5 Å². The quantitative estimate of drug-likeness (QED) is 0.365. The van der Waals surface area contributed by atoms with E-state index in [-0.39, 0.29) is 11.7 Å². The van der Waals surface area contributed by atoms with Crippen molar-refractivity contribution < 1.29 is 4.79 Å². The summed E-state index contributed by atoms with van der Waals surface area (Å²) in [6, 6.07) is 14.8. The number of hydrogen-bond acceptors (Lipinski definition) is 6. The highest BCUT2D eigenvalue weighted by atomic mass is 35.5. The van der Waals surface area contributed by atoms with E-state index in [1.54, 1.807) is 6.07 Å². The maximum Gasteiger partial charge on any atom is 0.236 e. The second kappa shape index (κ2) is 9.18. The van der Waals surface area contributed by atoms with Gasteiger partial charge in [0.25, 0.3) is 0 Å². The fraction of sp³-hybridized carbons (Fsp3) is 0.100. The normalized spacial score (nSPS) is 10.9. The van der Waals surface area contributed by atoms with Crippen LogP contribution in [0.5, 0.6) is 0 Å². The summed E-state index contributed by atoms with van der Waals surface area (Å²) in [6.45, 7) is 0. The lowest BCUT2D eigenvalue weighted by Crippen LogP contribution is -2.14. The van der Waals surface area contributed by atoms with E-state index in [1.165, 1.54) is 23.1 Å². The number of carbonyl (C=O) groups excluding carboxylic acids is 1. The molecule has 2 aromatic carbocycles. The van der Waals surface area contributed by atoms with Crippen molar-refractivity contribution in [3.8, 4) is 22.6 Å². The monoisotopic (exact) mass is 475 g/mol. The van der Waals surface area contributed by atoms with Crippen molar-refractivity contribution in [1.29, 1.82) is 0 Å². The predicted molar refractivity (Wildman–Crippen MR) is 123 cm³/mol. The van der Waals surface area contributed by atoms with Gasteiger partial charge >= 0.3 is 0 Å². The third-order valence-corrected chi connectivity index (χ3v) is 6.41. The van der Waals surface area contributed by atoms with E-state index in [4.69, 9.17) is 23.2 Å². The molecule has 10 heteroatoms. The molecule has 0 aliphatic heterocycles. The van der Waals surface area contributed by atoms with Crippen molar-refractivity contribution in [1.82, 2.24) is 19.7 Å². The molecule has 0 saturated carbocycles. The van der Waals surface area contributed by atoms with E-state index < -0.39 is 0 Å². The molecule has 2 heterocycles. The Morgan fingerprint density at radius 3 is 2.67 bits per heavy atom. The summed E-state index contributed by atoms with van der Waals surface area (Å²) in [5.74, 6) is 0.717. The van der Waals surface area contributed by atoms with E-state index in [0.29, 0.717) is 26.2 Å². The first-order valence-corrected chi connectivity index (χ1v) is 11.4. The van der Waals surface area contributed by atoms with Gasteiger partial charge in [-0.2, -0.15) is 0 Å². The SMILES string of the molecule is Cn1c(SCC(=O)Nc2nc(-c3ccc(Cl)cc3)cs2)nnc1-c1cccc(Cl)c1. The van der Waals surface area contributed by atoms with Gasteiger partial charge in [0.2, 0.25) is 5.91 Å². The summed E-state index contributed by atoms with van der Waals surface area (Å²) in [6.07, 6.45) is 0. The van der Waals surface area contributed by atoms with Crippen molar-refractivity contribution >= 4 is 57.3 Å². The van der Waals surface area contributed by atoms with Gasteiger partial charge < -0.3 is 9.88 Å². The van der Waals surface area contributed by atoms with Gasteiger partial charge in [-0.3, -0.25) is 4.79 Å². The van der Waals surface area contributed by atoms with Crippen LogP contribution in [0.25, 0.3) is 22.6 Å². The molecule has 4 aromatic rings. The fourth-order valence-electron chi connectivity index (χ4n) is 2.69. The van der Waals surface area contributed by atoms with Crippen LogP contribution in [0.1, 0.15) is 0 Å². The molecule has 4 rings (SSSR count). The van der Waals surface area contributed by atoms with Gasteiger partial charge in [0, 0.05) is 33.6 Å². The number of nitrogens with zero attached hydrogens (tertiary/aromatic N) is 4. The third kappa shape index (κ3) is 4.84. The molecule has 6 nitrogen and oxygen atoms in total. The minimum Gasteiger partial charge on any atom is -0.305 e. The maximum absolute atomic E-state index is 12.4. The van der Waals surface area contributed by atoms with Crippen molar-refractivity contribution in [2.45, 2.75) is 5.16 Å². The van der Waals surface area contributed by atoms with Crippen LogP contribution in [0.15, 0.2) is 59.1 Å². The minimum atomic E-state index is -0.163. The molecule has 0 spiro atoms. The predicted octanol–water partition coefficient (Wildman–Crippen LogP) is 5.64. The summed E-state index contributed by atoms with van der Waals surface area (Å²) >= 11 is 14.7. The molecule has 0 saturated heterocycles. The highest BCUT2D eigenvalue weighted by Gasteiger charge is 2.14. The van der Waals surface area contributed by atoms with Crippen LogP contribution in [-0.2, 0) is 11.8 Å². The first-order valence-electron chi connectivity index (χ1n) is 8.79. The lowest BCUT2D eigenvalue weighted by Gasteiger charge is -2.04. The zero-order valence-corrected chi connectivity index (χ0v) is 18.8. The zero-order chi connectivity index (χ0) is 21.1. The van der Waals surface area contributed by atoms with E-state index >= 15 is 0 Å². The van der Waals surface area contributed by atoms with Crippen LogP contribution < -0.4 is 5.32 Å². The molecule has 2 aromatic heterocycles. The highest BCUT2D eigenvalue weighted by Crippen LogP contribution is 2.27. The maximum atomic E-state index is 12.4. The Morgan fingerprint density at radius 2 is 1.90 bits per heavy atom. The van der Waals surface area contributed by atoms with Crippen molar-refractivity contribution in [2.24, 2.45) is 7.05 Å². The Labute approximate surface area is 191 Å². The molecule has 30 heavy (non-hydrogen) atoms. The number of thiazole rings is 1. The number of nitrogens with one attached hydrogen (secondary N) is 1. The molecule has 152 valence electrons. The van der Waals surface area contributed by atoms with Crippen LogP contribution in [0.4, 0.5) is 5.13 Å². The van der Waals surface area contributed by atoms with Crippen LogP contribution in [0, 0.1) is 0 Å². The number of rotatable bonds is 6. The van der Waals surface area contributed by atoms with E-state index in [9.17, 15) is 4.79 Å². The van der Waals surface area contributed by atoms with Gasteiger partial charge in [0.05, 0.1) is 11.4 Å². The third-order valence-electron chi connectivity index (χ3n) is 4.14. The fourth-order valence-corrected chi connectivity index (χ4v) is 4.45. The number of halogens is 2. The number of aromatic nitrogens is 4. The van der Waals surface area contributed by atoms with Crippen LogP contribution >= 0.6 is 46.3 Å². The molecule has 0 atom stereocenters. The van der Waals surface area contributed by atoms with Crippen molar-refractivity contribution in [3.05, 3.63) is 64.0 Å². The smallest absolute Gasteiger partial charge is 0.236 e. The number of carbonyl (C=O) groups is 1. The molecule has 0 bridgehead atoms. The van der Waals surface area contributed by atoms with Gasteiger partial charge in [-0.05, 0) is 24.3 Å². The molecular formula is C20H15Cl2N5OS2. The molecule has 1 N–H and O–H groups in total. The van der Waals surface area contributed by atoms with Gasteiger partial charge in [0.15, 0.2) is 16.1 Å². The number of thioether (sulfide) groups is 1. The molecular weight excluding hydrogens is 461 g/mol. The summed E-state index contributed by atoms with van der Waals surface area (Å²) in [5.41, 5.74) is 2.60. The number of benzene rings is 2. The molecule has 0 radical (unpaired) electrons. The Balaban J connectivity index is 1.37. The summed E-state index contributed by atoms with van der Waals surface area (Å²) in [7, 11) is 1.86. The van der Waals surface area contributed by atoms with Crippen molar-refractivity contribution in [3.63, 3.8) is 0 Å². The van der Waals surface area contributed by atoms with Gasteiger partial charge in [0.1, 0.15) is 0 Å². The average Bonchev–Trinajstić information content (AvgIpc) is 3.34. The Bertz CT molecular complexity index is 1190. The van der Waals surface area contributed by atoms with Crippen LogP contribution in [0.3, 0.4) is 0 Å². The lowest BCUT2D eigenvalue weighted by atomic mass is 10.2. The standard InChI is InChI=1S/C20H15Cl2N5OS2/c1-27-18(13-3-2-4-15(22)9-13)25-26-20(27)30-11-17(28)24-19-23-16(10-29-19)12-5-7-14(21)8-6-12/h2-10H,11H2,1H3,(H,23,24,28). The molecule has 0 aliphatic carbocycles. The largest absolute Gasteiger partial charge is 0.305 e. The van der Waals surface area contributed by atoms with E-state index in [2.05, 4.69) is 20.5 Å². The zero-order valence-electron chi connectivity index (χ0n) is 15.7. The summed E-state index contributed by atoms with van der Waals surface area (Å²) < 4.78 is 1.84. The molecule has 0 unspecified atom stereocenters. The topological polar surface area (TPSA) is 72.7 Å². The van der Waals surface area contributed by atoms with E-state index in [0.717, 1.165) is 16.8 Å². The molecule has 1 amide bonds. The Kier molecular flexibility index (Phi) is 6.38. The van der Waals surface area contributed by atoms with Crippen LogP contribution in [-0.4, -0.2) is 31.4 Å². The number of anilines is 1. The van der Waals surface area contributed by atoms with Gasteiger partial charge in [-0.1, -0.05) is 59.2 Å². The number of hydrogen-bond donors (Lipinski definition) is 1. The second-order valence-corrected chi connectivity index (χ2v) is 8.93. The first kappa shape index (κ1) is 20.9. The minimum absolute atomic E-state index is 0.163. The van der Waals surface area contributed by atoms with Gasteiger partial charge in [-0.25, -0.2) is 4.98 Å². The molecule has 0 fully saturated rings. The Hall–Kier alpha value is -2.39. The van der Waals surface area contributed by atoms with Crippen molar-refractivity contribution in [2.75, 3.05) is 11.1 Å².